The Morgan fingerprint density at radius 1 is 0.768 bits per heavy atom. The van der Waals surface area contributed by atoms with E-state index in [-0.39, 0.29) is 17.4 Å². The fraction of sp³-hybridized carbons (Fsp3) is 0.170. The molecule has 0 aromatic heterocycles. The molecule has 9 rings (SSSR count). The number of amides is 4. The Bertz CT molecular complexity index is 2480. The van der Waals surface area contributed by atoms with Gasteiger partial charge in [0.2, 0.25) is 0 Å². The van der Waals surface area contributed by atoms with Gasteiger partial charge in [-0.2, -0.15) is 0 Å². The third kappa shape index (κ3) is 6.49. The number of methoxy groups -OCH3 is 1. The van der Waals surface area contributed by atoms with E-state index in [0.29, 0.717) is 29.4 Å². The Morgan fingerprint density at radius 2 is 1.39 bits per heavy atom. The number of halogens is 1. The zero-order valence-corrected chi connectivity index (χ0v) is 32.9. The normalized spacial score (nSPS) is 18.5. The quantitative estimate of drug-likeness (QED) is 0.0933. The molecule has 8 nitrogen and oxygen atoms in total. The second-order valence-electron chi connectivity index (χ2n) is 14.4. The van der Waals surface area contributed by atoms with E-state index >= 15 is 0 Å². The molecular formula is C47H38IN3O5. The maximum atomic E-state index is 14.5. The van der Waals surface area contributed by atoms with E-state index < -0.39 is 17.8 Å². The molecule has 3 aliphatic heterocycles. The molecule has 6 aromatic rings. The van der Waals surface area contributed by atoms with Crippen molar-refractivity contribution in [1.82, 2.24) is 5.32 Å². The molecule has 0 unspecified atom stereocenters. The highest BCUT2D eigenvalue weighted by atomic mass is 127. The summed E-state index contributed by atoms with van der Waals surface area (Å²) in [6.45, 7) is 2.16. The summed E-state index contributed by atoms with van der Waals surface area (Å²) in [5, 5.41) is 4.69. The van der Waals surface area contributed by atoms with Crippen LogP contribution in [0.25, 0.3) is 16.8 Å². The summed E-state index contributed by atoms with van der Waals surface area (Å²) in [4.78, 5) is 45.2. The number of carbonyl (C=O) groups is 3. The van der Waals surface area contributed by atoms with Crippen LogP contribution < -0.4 is 24.6 Å². The summed E-state index contributed by atoms with van der Waals surface area (Å²) < 4.78 is 12.8. The summed E-state index contributed by atoms with van der Waals surface area (Å²) in [7, 11) is 1.56. The van der Waals surface area contributed by atoms with Crippen LogP contribution in [0.4, 0.5) is 16.2 Å². The molecule has 0 spiro atoms. The summed E-state index contributed by atoms with van der Waals surface area (Å²) in [5.74, 6) is -0.281. The van der Waals surface area contributed by atoms with Crippen molar-refractivity contribution in [2.75, 3.05) is 30.0 Å². The second-order valence-corrected chi connectivity index (χ2v) is 15.5. The molecule has 9 heteroatoms. The lowest BCUT2D eigenvalue weighted by Gasteiger charge is -2.44. The van der Waals surface area contributed by atoms with Crippen LogP contribution in [-0.4, -0.2) is 38.0 Å². The second kappa shape index (κ2) is 15.0. The van der Waals surface area contributed by atoms with Crippen molar-refractivity contribution < 1.29 is 23.9 Å². The number of benzene rings is 6. The van der Waals surface area contributed by atoms with Crippen LogP contribution in [0.15, 0.2) is 133 Å². The molecule has 6 aromatic carbocycles. The lowest BCUT2D eigenvalue weighted by molar-refractivity contribution is -0.122. The Kier molecular flexibility index (Phi) is 9.54. The molecule has 0 aliphatic carbocycles. The average Bonchev–Trinajstić information content (AvgIpc) is 3.22. The zero-order valence-electron chi connectivity index (χ0n) is 30.7. The maximum absolute atomic E-state index is 14.5. The maximum Gasteiger partial charge on any atom is 0.335 e. The molecule has 3 heterocycles. The average molecular weight is 852 g/mol. The molecule has 0 radical (unpaired) electrons. The van der Waals surface area contributed by atoms with Crippen molar-refractivity contribution in [2.45, 2.75) is 31.3 Å². The topological polar surface area (TPSA) is 88.2 Å². The smallest absolute Gasteiger partial charge is 0.335 e. The number of hydrogen-bond acceptors (Lipinski definition) is 6. The number of imide groups is 2. The Balaban J connectivity index is 1.09. The van der Waals surface area contributed by atoms with E-state index in [9.17, 15) is 14.4 Å². The van der Waals surface area contributed by atoms with Gasteiger partial charge in [0.05, 0.1) is 16.4 Å². The van der Waals surface area contributed by atoms with E-state index in [1.807, 2.05) is 54.6 Å². The van der Waals surface area contributed by atoms with Crippen LogP contribution in [0.3, 0.4) is 0 Å². The number of anilines is 2. The number of nitrogens with zero attached hydrogens (tertiary/aromatic N) is 2. The number of barbiturate groups is 1. The number of rotatable bonds is 8. The molecule has 0 bridgehead atoms. The van der Waals surface area contributed by atoms with Gasteiger partial charge >= 0.3 is 6.03 Å². The fourth-order valence-electron chi connectivity index (χ4n) is 8.56. The van der Waals surface area contributed by atoms with Crippen molar-refractivity contribution in [2.24, 2.45) is 0 Å². The van der Waals surface area contributed by atoms with Gasteiger partial charge in [-0.25, -0.2) is 9.69 Å². The first kappa shape index (κ1) is 35.7. The number of carbonyl (C=O) groups excluding carboxylic acids is 3. The minimum absolute atomic E-state index is 0.0751. The van der Waals surface area contributed by atoms with Gasteiger partial charge < -0.3 is 14.4 Å². The molecule has 56 heavy (non-hydrogen) atoms. The number of hydrogen-bond donors (Lipinski definition) is 1. The van der Waals surface area contributed by atoms with Gasteiger partial charge in [0.1, 0.15) is 12.2 Å². The molecular weight excluding hydrogens is 813 g/mol. The van der Waals surface area contributed by atoms with Crippen molar-refractivity contribution in [3.05, 3.63) is 170 Å². The standard InChI is InChI=1S/C47H38IN3O5/c1-55-42-25-29(24-41(48)44(42)56-28-33-17-10-16-30-15-8-9-18-35(30)33)23-40-45(52)49-47(54)51(46(40)53)34-26-38-36(31-11-4-2-5-12-31)19-21-50-22-20-37(39(27-34)43(38)50)32-13-6-3-7-14-32/h2-18,23-27,36-37H,19-22,28H2,1H3,(H,49,52,54)/b40-23+/t36-,37+. The van der Waals surface area contributed by atoms with Crippen molar-refractivity contribution in [1.29, 1.82) is 0 Å². The van der Waals surface area contributed by atoms with Gasteiger partial charge in [-0.05, 0) is 110 Å². The number of urea groups is 1. The Morgan fingerprint density at radius 3 is 2.05 bits per heavy atom. The first-order valence-corrected chi connectivity index (χ1v) is 19.9. The first-order chi connectivity index (χ1) is 27.4. The largest absolute Gasteiger partial charge is 0.493 e. The molecule has 3 aliphatic rings. The summed E-state index contributed by atoms with van der Waals surface area (Å²) in [5.41, 5.74) is 7.59. The Labute approximate surface area is 338 Å². The lowest BCUT2D eigenvalue weighted by atomic mass is 9.76. The predicted molar refractivity (Wildman–Crippen MR) is 227 cm³/mol. The Hall–Kier alpha value is -5.94. The third-order valence-electron chi connectivity index (χ3n) is 11.2. The minimum atomic E-state index is -0.773. The van der Waals surface area contributed by atoms with Gasteiger partial charge in [0.15, 0.2) is 11.5 Å². The SMILES string of the molecule is COc1cc(/C=C2\C(=O)NC(=O)N(c3cc4c5c(c3)[C@H](c3ccccc3)CCN5CC[C@@H]4c3ccccc3)C2=O)cc(I)c1OCc1cccc2ccccc12. The molecule has 1 N–H and O–H groups in total. The van der Waals surface area contributed by atoms with Crippen LogP contribution >= 0.6 is 22.6 Å². The van der Waals surface area contributed by atoms with Gasteiger partial charge in [0.25, 0.3) is 11.8 Å². The van der Waals surface area contributed by atoms with E-state index in [2.05, 4.69) is 99.5 Å². The number of nitrogens with one attached hydrogen (secondary N) is 1. The molecule has 1 fully saturated rings. The van der Waals surface area contributed by atoms with E-state index in [4.69, 9.17) is 9.47 Å². The third-order valence-corrected chi connectivity index (χ3v) is 12.0. The lowest BCUT2D eigenvalue weighted by Crippen LogP contribution is -2.54. The fourth-order valence-corrected chi connectivity index (χ4v) is 9.34. The van der Waals surface area contributed by atoms with Crippen molar-refractivity contribution in [3.63, 3.8) is 0 Å². The zero-order chi connectivity index (χ0) is 38.3. The molecule has 0 saturated carbocycles. The molecule has 4 amide bonds. The first-order valence-electron chi connectivity index (χ1n) is 18.8. The van der Waals surface area contributed by atoms with Crippen molar-refractivity contribution >= 4 is 68.7 Å². The highest BCUT2D eigenvalue weighted by Gasteiger charge is 2.40. The van der Waals surface area contributed by atoms with Gasteiger partial charge in [-0.3, -0.25) is 14.9 Å². The van der Waals surface area contributed by atoms with Crippen LogP contribution in [0, 0.1) is 3.57 Å². The number of ether oxygens (including phenoxy) is 2. The summed E-state index contributed by atoms with van der Waals surface area (Å²) in [6, 6.07) is 41.9. The minimum Gasteiger partial charge on any atom is -0.493 e. The summed E-state index contributed by atoms with van der Waals surface area (Å²) >= 11 is 2.18. The van der Waals surface area contributed by atoms with Gasteiger partial charge in [-0.15, -0.1) is 0 Å². The van der Waals surface area contributed by atoms with Gasteiger partial charge in [-0.1, -0.05) is 103 Å². The van der Waals surface area contributed by atoms with E-state index in [1.54, 1.807) is 13.2 Å². The highest BCUT2D eigenvalue weighted by Crippen LogP contribution is 2.50. The molecule has 1 saturated heterocycles. The van der Waals surface area contributed by atoms with E-state index in [0.717, 1.165) is 61.9 Å². The monoisotopic (exact) mass is 851 g/mol. The molecule has 2 atom stereocenters. The summed E-state index contributed by atoms with van der Waals surface area (Å²) in [6.07, 6.45) is 3.32. The van der Waals surface area contributed by atoms with Crippen LogP contribution in [0.5, 0.6) is 11.5 Å². The predicted octanol–water partition coefficient (Wildman–Crippen LogP) is 9.58. The number of fused-ring (bicyclic) bond motifs is 1. The van der Waals surface area contributed by atoms with Crippen molar-refractivity contribution in [3.8, 4) is 11.5 Å². The van der Waals surface area contributed by atoms with Crippen LogP contribution in [0.2, 0.25) is 0 Å². The van der Waals surface area contributed by atoms with E-state index in [1.165, 1.54) is 22.9 Å². The van der Waals surface area contributed by atoms with Crippen LogP contribution in [0.1, 0.15) is 58.1 Å². The highest BCUT2D eigenvalue weighted by molar-refractivity contribution is 14.1. The van der Waals surface area contributed by atoms with Gasteiger partial charge in [0, 0.05) is 30.6 Å². The molecule has 278 valence electrons. The van der Waals surface area contributed by atoms with Crippen LogP contribution in [-0.2, 0) is 16.2 Å².